The van der Waals surface area contributed by atoms with Gasteiger partial charge in [0.05, 0.1) is 6.61 Å². The SMILES string of the molecule is CCOC(=O)C(CC)Oc1cccc(C)c1C. The number of hydrogen-bond donors (Lipinski definition) is 0. The van der Waals surface area contributed by atoms with E-state index in [1.807, 2.05) is 39.0 Å². The minimum atomic E-state index is -0.518. The first-order chi connectivity index (χ1) is 8.10. The predicted octanol–water partition coefficient (Wildman–Crippen LogP) is 3.02. The van der Waals surface area contributed by atoms with Crippen molar-refractivity contribution in [3.8, 4) is 5.75 Å². The molecule has 17 heavy (non-hydrogen) atoms. The Kier molecular flexibility index (Phi) is 5.01. The molecule has 0 radical (unpaired) electrons. The highest BCUT2D eigenvalue weighted by Crippen LogP contribution is 2.22. The summed E-state index contributed by atoms with van der Waals surface area (Å²) >= 11 is 0. The van der Waals surface area contributed by atoms with E-state index in [1.54, 1.807) is 6.92 Å². The molecule has 1 unspecified atom stereocenters. The fraction of sp³-hybridized carbons (Fsp3) is 0.500. The maximum Gasteiger partial charge on any atom is 0.347 e. The fourth-order valence-corrected chi connectivity index (χ4v) is 1.54. The molecule has 0 aliphatic heterocycles. The number of carbonyl (C=O) groups is 1. The Morgan fingerprint density at radius 2 is 2.00 bits per heavy atom. The smallest absolute Gasteiger partial charge is 0.347 e. The van der Waals surface area contributed by atoms with Crippen molar-refractivity contribution in [3.05, 3.63) is 29.3 Å². The summed E-state index contributed by atoms with van der Waals surface area (Å²) in [5.74, 6) is 0.459. The lowest BCUT2D eigenvalue weighted by Crippen LogP contribution is -2.29. The van der Waals surface area contributed by atoms with Crippen LogP contribution in [0.1, 0.15) is 31.4 Å². The maximum absolute atomic E-state index is 11.6. The lowest BCUT2D eigenvalue weighted by atomic mass is 10.1. The summed E-state index contributed by atoms with van der Waals surface area (Å²) in [6.45, 7) is 8.09. The van der Waals surface area contributed by atoms with Gasteiger partial charge in [-0.05, 0) is 44.4 Å². The molecular formula is C14H20O3. The molecule has 0 amide bonds. The standard InChI is InChI=1S/C14H20O3/c1-5-12(14(15)16-6-2)17-13-9-7-8-10(3)11(13)4/h7-9,12H,5-6H2,1-4H3. The Labute approximate surface area is 103 Å². The molecule has 94 valence electrons. The van der Waals surface area contributed by atoms with Crippen LogP contribution in [0.3, 0.4) is 0 Å². The molecular weight excluding hydrogens is 216 g/mol. The quantitative estimate of drug-likeness (QED) is 0.737. The Morgan fingerprint density at radius 3 is 2.59 bits per heavy atom. The largest absolute Gasteiger partial charge is 0.478 e. The van der Waals surface area contributed by atoms with Crippen LogP contribution in [0.25, 0.3) is 0 Å². The number of ether oxygens (including phenoxy) is 2. The van der Waals surface area contributed by atoms with Crippen LogP contribution >= 0.6 is 0 Å². The first kappa shape index (κ1) is 13.6. The number of benzene rings is 1. The normalized spacial score (nSPS) is 12.0. The number of carbonyl (C=O) groups excluding carboxylic acids is 1. The summed E-state index contributed by atoms with van der Waals surface area (Å²) in [7, 11) is 0. The summed E-state index contributed by atoms with van der Waals surface area (Å²) < 4.78 is 10.7. The van der Waals surface area contributed by atoms with Crippen molar-refractivity contribution in [2.75, 3.05) is 6.61 Å². The van der Waals surface area contributed by atoms with E-state index in [0.717, 1.165) is 16.9 Å². The highest BCUT2D eigenvalue weighted by atomic mass is 16.6. The van der Waals surface area contributed by atoms with Gasteiger partial charge in [0.1, 0.15) is 5.75 Å². The van der Waals surface area contributed by atoms with Crippen LogP contribution in [0.2, 0.25) is 0 Å². The molecule has 1 rings (SSSR count). The van der Waals surface area contributed by atoms with Gasteiger partial charge in [-0.15, -0.1) is 0 Å². The molecule has 3 heteroatoms. The molecule has 0 aliphatic carbocycles. The zero-order valence-electron chi connectivity index (χ0n) is 10.9. The Bertz CT molecular complexity index is 385. The van der Waals surface area contributed by atoms with Gasteiger partial charge in [-0.25, -0.2) is 4.79 Å². The van der Waals surface area contributed by atoms with Crippen molar-refractivity contribution in [3.63, 3.8) is 0 Å². The number of hydrogen-bond acceptors (Lipinski definition) is 3. The Morgan fingerprint density at radius 1 is 1.29 bits per heavy atom. The maximum atomic E-state index is 11.6. The molecule has 0 saturated carbocycles. The molecule has 0 bridgehead atoms. The van der Waals surface area contributed by atoms with Crippen molar-refractivity contribution in [1.29, 1.82) is 0 Å². The minimum absolute atomic E-state index is 0.295. The highest BCUT2D eigenvalue weighted by molar-refractivity contribution is 5.75. The van der Waals surface area contributed by atoms with Gasteiger partial charge in [-0.3, -0.25) is 0 Å². The van der Waals surface area contributed by atoms with Crippen LogP contribution in [0, 0.1) is 13.8 Å². The average Bonchev–Trinajstić information content (AvgIpc) is 2.31. The number of aryl methyl sites for hydroxylation is 1. The summed E-state index contributed by atoms with van der Waals surface area (Å²) in [6, 6.07) is 5.83. The monoisotopic (exact) mass is 236 g/mol. The second kappa shape index (κ2) is 6.28. The van der Waals surface area contributed by atoms with Gasteiger partial charge in [0.2, 0.25) is 0 Å². The number of esters is 1. The zero-order valence-corrected chi connectivity index (χ0v) is 10.9. The molecule has 0 saturated heterocycles. The molecule has 0 aromatic heterocycles. The van der Waals surface area contributed by atoms with E-state index in [1.165, 1.54) is 0 Å². The molecule has 0 aliphatic rings. The van der Waals surface area contributed by atoms with Crippen molar-refractivity contribution in [2.24, 2.45) is 0 Å². The molecule has 3 nitrogen and oxygen atoms in total. The summed E-state index contributed by atoms with van der Waals surface area (Å²) in [5.41, 5.74) is 2.22. The van der Waals surface area contributed by atoms with Crippen molar-refractivity contribution < 1.29 is 14.3 Å². The van der Waals surface area contributed by atoms with Crippen LogP contribution in [0.4, 0.5) is 0 Å². The van der Waals surface area contributed by atoms with Crippen molar-refractivity contribution >= 4 is 5.97 Å². The summed E-state index contributed by atoms with van der Waals surface area (Å²) in [5, 5.41) is 0. The molecule has 0 spiro atoms. The minimum Gasteiger partial charge on any atom is -0.478 e. The average molecular weight is 236 g/mol. The van der Waals surface area contributed by atoms with Crippen LogP contribution in [0.15, 0.2) is 18.2 Å². The first-order valence-electron chi connectivity index (χ1n) is 5.99. The van der Waals surface area contributed by atoms with Crippen LogP contribution in [0.5, 0.6) is 5.75 Å². The molecule has 0 fully saturated rings. The third-order valence-corrected chi connectivity index (χ3v) is 2.74. The van der Waals surface area contributed by atoms with Gasteiger partial charge >= 0.3 is 5.97 Å². The fourth-order valence-electron chi connectivity index (χ4n) is 1.54. The topological polar surface area (TPSA) is 35.5 Å². The predicted molar refractivity (Wildman–Crippen MR) is 67.3 cm³/mol. The Hall–Kier alpha value is -1.51. The second-order valence-electron chi connectivity index (χ2n) is 3.96. The van der Waals surface area contributed by atoms with E-state index in [2.05, 4.69) is 0 Å². The van der Waals surface area contributed by atoms with Gasteiger partial charge < -0.3 is 9.47 Å². The molecule has 1 aromatic carbocycles. The number of rotatable bonds is 5. The van der Waals surface area contributed by atoms with Gasteiger partial charge in [0.25, 0.3) is 0 Å². The van der Waals surface area contributed by atoms with Crippen LogP contribution in [-0.2, 0) is 9.53 Å². The van der Waals surface area contributed by atoms with Crippen molar-refractivity contribution in [2.45, 2.75) is 40.2 Å². The van der Waals surface area contributed by atoms with Gasteiger partial charge in [-0.2, -0.15) is 0 Å². The Balaban J connectivity index is 2.80. The van der Waals surface area contributed by atoms with Gasteiger partial charge in [-0.1, -0.05) is 19.1 Å². The van der Waals surface area contributed by atoms with Crippen LogP contribution < -0.4 is 4.74 Å². The highest BCUT2D eigenvalue weighted by Gasteiger charge is 2.20. The van der Waals surface area contributed by atoms with Gasteiger partial charge in [0.15, 0.2) is 6.10 Å². The zero-order chi connectivity index (χ0) is 12.8. The lowest BCUT2D eigenvalue weighted by Gasteiger charge is -2.18. The molecule has 0 N–H and O–H groups in total. The molecule has 0 heterocycles. The van der Waals surface area contributed by atoms with Gasteiger partial charge in [0, 0.05) is 0 Å². The molecule has 1 aromatic rings. The van der Waals surface area contributed by atoms with Crippen molar-refractivity contribution in [1.82, 2.24) is 0 Å². The van der Waals surface area contributed by atoms with E-state index in [9.17, 15) is 4.79 Å². The third-order valence-electron chi connectivity index (χ3n) is 2.74. The van der Waals surface area contributed by atoms with E-state index in [4.69, 9.17) is 9.47 Å². The third kappa shape index (κ3) is 3.48. The summed E-state index contributed by atoms with van der Waals surface area (Å²) in [6.07, 6.45) is 0.0853. The second-order valence-corrected chi connectivity index (χ2v) is 3.96. The van der Waals surface area contributed by atoms with E-state index < -0.39 is 6.10 Å². The summed E-state index contributed by atoms with van der Waals surface area (Å²) in [4.78, 5) is 11.6. The van der Waals surface area contributed by atoms with Crippen LogP contribution in [-0.4, -0.2) is 18.7 Å². The molecule has 1 atom stereocenters. The van der Waals surface area contributed by atoms with E-state index in [0.29, 0.717) is 13.0 Å². The first-order valence-corrected chi connectivity index (χ1v) is 5.99. The lowest BCUT2D eigenvalue weighted by molar-refractivity contribution is -0.151. The van der Waals surface area contributed by atoms with E-state index in [-0.39, 0.29) is 5.97 Å². The van der Waals surface area contributed by atoms with E-state index >= 15 is 0 Å².